The van der Waals surface area contributed by atoms with Gasteiger partial charge in [-0.25, -0.2) is 4.79 Å². The van der Waals surface area contributed by atoms with Crippen LogP contribution in [0, 0.1) is 11.3 Å². The van der Waals surface area contributed by atoms with E-state index in [4.69, 9.17) is 4.74 Å². The van der Waals surface area contributed by atoms with Crippen molar-refractivity contribution >= 4 is 16.7 Å². The first-order chi connectivity index (χ1) is 12.0. The molecule has 0 N–H and O–H groups in total. The van der Waals surface area contributed by atoms with Gasteiger partial charge in [0.1, 0.15) is 6.10 Å². The molecule has 2 atom stereocenters. The van der Waals surface area contributed by atoms with Gasteiger partial charge in [0.05, 0.1) is 0 Å². The van der Waals surface area contributed by atoms with Crippen molar-refractivity contribution in [1.82, 2.24) is 0 Å². The average molecular weight is 336 g/mol. The molecule has 0 spiro atoms. The number of rotatable bonds is 4. The van der Waals surface area contributed by atoms with Crippen LogP contribution in [0.4, 0.5) is 0 Å². The van der Waals surface area contributed by atoms with Crippen LogP contribution < -0.4 is 0 Å². The van der Waals surface area contributed by atoms with Gasteiger partial charge in [0, 0.05) is 12.0 Å². The Morgan fingerprint density at radius 1 is 1.20 bits per heavy atom. The van der Waals surface area contributed by atoms with Crippen LogP contribution in [-0.2, 0) is 16.0 Å². The maximum Gasteiger partial charge on any atom is 0.330 e. The van der Waals surface area contributed by atoms with Gasteiger partial charge in [-0.1, -0.05) is 62.4 Å². The number of allylic oxidation sites excluding steroid dienone is 1. The van der Waals surface area contributed by atoms with Crippen LogP contribution in [0.1, 0.15) is 45.6 Å². The minimum absolute atomic E-state index is 0.001000. The van der Waals surface area contributed by atoms with Gasteiger partial charge in [-0.15, -0.1) is 0 Å². The lowest BCUT2D eigenvalue weighted by atomic mass is 9.65. The summed E-state index contributed by atoms with van der Waals surface area (Å²) in [6, 6.07) is 15.2. The number of ether oxygens (including phenoxy) is 1. The van der Waals surface area contributed by atoms with E-state index in [2.05, 4.69) is 56.3 Å². The molecule has 2 aromatic carbocycles. The molecule has 3 rings (SSSR count). The summed E-state index contributed by atoms with van der Waals surface area (Å²) in [7, 11) is 0. The second kappa shape index (κ2) is 7.43. The zero-order chi connectivity index (χ0) is 17.9. The molecule has 1 aliphatic carbocycles. The van der Waals surface area contributed by atoms with E-state index < -0.39 is 0 Å². The summed E-state index contributed by atoms with van der Waals surface area (Å²) in [5.74, 6) is 0.130. The third-order valence-electron chi connectivity index (χ3n) is 5.60. The molecule has 1 saturated carbocycles. The molecular weight excluding hydrogens is 308 g/mol. The highest BCUT2D eigenvalue weighted by Crippen LogP contribution is 2.44. The van der Waals surface area contributed by atoms with Crippen molar-refractivity contribution in [2.45, 2.75) is 52.6 Å². The Balaban J connectivity index is 1.84. The standard InChI is InChI=1S/C23H28O2/c1-4-8-22(24)25-21-11-7-14-23(2,3)20(21)16-17-12-13-18-9-5-6-10-19(18)15-17/h4-6,8-10,12-13,15,20-21H,7,11,14,16H2,1-3H3/b8-4+/t20-,21+/m0/s1. The summed E-state index contributed by atoms with van der Waals surface area (Å²) in [6.45, 7) is 6.47. The van der Waals surface area contributed by atoms with Crippen LogP contribution in [0.5, 0.6) is 0 Å². The maximum atomic E-state index is 12.0. The van der Waals surface area contributed by atoms with E-state index >= 15 is 0 Å². The summed E-state index contributed by atoms with van der Waals surface area (Å²) < 4.78 is 5.81. The lowest BCUT2D eigenvalue weighted by Crippen LogP contribution is -2.42. The number of benzene rings is 2. The van der Waals surface area contributed by atoms with Gasteiger partial charge in [0.15, 0.2) is 0 Å². The number of hydrogen-bond donors (Lipinski definition) is 0. The summed E-state index contributed by atoms with van der Waals surface area (Å²) in [5, 5.41) is 2.54. The molecule has 0 bridgehead atoms. The lowest BCUT2D eigenvalue weighted by molar-refractivity contribution is -0.151. The third-order valence-corrected chi connectivity index (χ3v) is 5.60. The first kappa shape index (κ1) is 17.7. The van der Waals surface area contributed by atoms with Crippen LogP contribution in [0.15, 0.2) is 54.6 Å². The number of carbonyl (C=O) groups is 1. The molecule has 25 heavy (non-hydrogen) atoms. The molecule has 0 heterocycles. The molecule has 0 radical (unpaired) electrons. The summed E-state index contributed by atoms with van der Waals surface area (Å²) in [5.41, 5.74) is 1.50. The number of hydrogen-bond acceptors (Lipinski definition) is 2. The highest BCUT2D eigenvalue weighted by atomic mass is 16.5. The molecular formula is C23H28O2. The Bertz CT molecular complexity index is 773. The Labute approximate surface area is 150 Å². The zero-order valence-electron chi connectivity index (χ0n) is 15.5. The van der Waals surface area contributed by atoms with Crippen LogP contribution in [-0.4, -0.2) is 12.1 Å². The maximum absolute atomic E-state index is 12.0. The highest BCUT2D eigenvalue weighted by molar-refractivity contribution is 5.83. The Morgan fingerprint density at radius 2 is 1.96 bits per heavy atom. The molecule has 0 unspecified atom stereocenters. The Kier molecular flexibility index (Phi) is 5.27. The highest BCUT2D eigenvalue weighted by Gasteiger charge is 2.40. The minimum Gasteiger partial charge on any atom is -0.459 e. The monoisotopic (exact) mass is 336 g/mol. The van der Waals surface area contributed by atoms with Crippen molar-refractivity contribution in [3.05, 3.63) is 60.2 Å². The van der Waals surface area contributed by atoms with Crippen molar-refractivity contribution in [3.8, 4) is 0 Å². The second-order valence-corrected chi connectivity index (χ2v) is 7.85. The predicted octanol–water partition coefficient (Wildman–Crippen LogP) is 5.70. The molecule has 1 aliphatic rings. The second-order valence-electron chi connectivity index (χ2n) is 7.85. The van der Waals surface area contributed by atoms with Crippen molar-refractivity contribution in [2.75, 3.05) is 0 Å². The fraction of sp³-hybridized carbons (Fsp3) is 0.435. The van der Waals surface area contributed by atoms with Crippen molar-refractivity contribution in [2.24, 2.45) is 11.3 Å². The van der Waals surface area contributed by atoms with E-state index in [9.17, 15) is 4.79 Å². The van der Waals surface area contributed by atoms with Crippen LogP contribution in [0.2, 0.25) is 0 Å². The first-order valence-corrected chi connectivity index (χ1v) is 9.30. The number of fused-ring (bicyclic) bond motifs is 1. The quantitative estimate of drug-likeness (QED) is 0.529. The lowest BCUT2D eigenvalue weighted by Gasteiger charge is -2.43. The first-order valence-electron chi connectivity index (χ1n) is 9.30. The SMILES string of the molecule is C/C=C/C(=O)O[C@@H]1CCCC(C)(C)[C@H]1Cc1ccc2ccccc2c1. The van der Waals surface area contributed by atoms with Gasteiger partial charge >= 0.3 is 5.97 Å². The van der Waals surface area contributed by atoms with E-state index in [0.29, 0.717) is 5.92 Å². The van der Waals surface area contributed by atoms with E-state index in [1.807, 2.05) is 6.92 Å². The molecule has 0 amide bonds. The van der Waals surface area contributed by atoms with E-state index in [1.165, 1.54) is 28.8 Å². The summed E-state index contributed by atoms with van der Waals surface area (Å²) >= 11 is 0. The topological polar surface area (TPSA) is 26.3 Å². The van der Waals surface area contributed by atoms with E-state index in [1.54, 1.807) is 6.08 Å². The predicted molar refractivity (Wildman–Crippen MR) is 103 cm³/mol. The molecule has 0 aliphatic heterocycles. The van der Waals surface area contributed by atoms with Crippen LogP contribution in [0.3, 0.4) is 0 Å². The van der Waals surface area contributed by atoms with E-state index in [0.717, 1.165) is 19.3 Å². The zero-order valence-corrected chi connectivity index (χ0v) is 15.5. The largest absolute Gasteiger partial charge is 0.459 e. The molecule has 0 saturated heterocycles. The fourth-order valence-corrected chi connectivity index (χ4v) is 4.14. The Morgan fingerprint density at radius 3 is 2.72 bits per heavy atom. The van der Waals surface area contributed by atoms with Crippen molar-refractivity contribution in [1.29, 1.82) is 0 Å². The normalized spacial score (nSPS) is 23.0. The molecule has 1 fully saturated rings. The number of esters is 1. The van der Waals surface area contributed by atoms with Gasteiger partial charge in [-0.05, 0) is 54.4 Å². The van der Waals surface area contributed by atoms with E-state index in [-0.39, 0.29) is 17.5 Å². The summed E-state index contributed by atoms with van der Waals surface area (Å²) in [6.07, 6.45) is 7.48. The third kappa shape index (κ3) is 4.12. The summed E-state index contributed by atoms with van der Waals surface area (Å²) in [4.78, 5) is 12.0. The number of carbonyl (C=O) groups excluding carboxylic acids is 1. The van der Waals surface area contributed by atoms with Crippen LogP contribution >= 0.6 is 0 Å². The minimum atomic E-state index is -0.214. The van der Waals surface area contributed by atoms with Gasteiger partial charge in [0.25, 0.3) is 0 Å². The van der Waals surface area contributed by atoms with Crippen LogP contribution in [0.25, 0.3) is 10.8 Å². The van der Waals surface area contributed by atoms with Gasteiger partial charge in [0.2, 0.25) is 0 Å². The van der Waals surface area contributed by atoms with Crippen molar-refractivity contribution < 1.29 is 9.53 Å². The molecule has 2 nitrogen and oxygen atoms in total. The van der Waals surface area contributed by atoms with Gasteiger partial charge in [-0.3, -0.25) is 0 Å². The fourth-order valence-electron chi connectivity index (χ4n) is 4.14. The molecule has 2 aromatic rings. The van der Waals surface area contributed by atoms with Gasteiger partial charge in [-0.2, -0.15) is 0 Å². The van der Waals surface area contributed by atoms with Gasteiger partial charge < -0.3 is 4.74 Å². The van der Waals surface area contributed by atoms with Crippen molar-refractivity contribution in [3.63, 3.8) is 0 Å². The molecule has 0 aromatic heterocycles. The average Bonchev–Trinajstić information content (AvgIpc) is 2.58. The Hall–Kier alpha value is -2.09. The smallest absolute Gasteiger partial charge is 0.330 e. The molecule has 132 valence electrons. The molecule has 2 heteroatoms.